The van der Waals surface area contributed by atoms with E-state index in [1.165, 1.54) is 12.1 Å². The molecule has 0 radical (unpaired) electrons. The van der Waals surface area contributed by atoms with Gasteiger partial charge >= 0.3 is 62.4 Å². The number of rotatable bonds is 11. The molecule has 0 bridgehead atoms. The zero-order valence-electron chi connectivity index (χ0n) is 19.4. The van der Waals surface area contributed by atoms with Crippen LogP contribution in [-0.2, 0) is 22.5 Å². The molecule has 12 heteroatoms. The van der Waals surface area contributed by atoms with Gasteiger partial charge in [0.1, 0.15) is 25.1 Å². The number of carboxylic acids is 1. The average Bonchev–Trinajstić information content (AvgIpc) is 3.60. The van der Waals surface area contributed by atoms with E-state index in [2.05, 4.69) is 4.74 Å². The Labute approximate surface area is 250 Å². The Hall–Kier alpha value is -1.54. The fraction of sp³-hybridized carbons (Fsp3) is 0.375. The molecule has 1 fully saturated rings. The topological polar surface area (TPSA) is 97.7 Å². The summed E-state index contributed by atoms with van der Waals surface area (Å²) in [6.45, 7) is -1.24. The van der Waals surface area contributed by atoms with E-state index >= 15 is 0 Å². The number of aliphatic carboxylic acids is 1. The number of alkyl halides is 3. The molecule has 7 nitrogen and oxygen atoms in total. The third-order valence-electron chi connectivity index (χ3n) is 5.54. The molecule has 1 heterocycles. The van der Waals surface area contributed by atoms with Crippen molar-refractivity contribution < 1.29 is 88.7 Å². The van der Waals surface area contributed by atoms with Crippen molar-refractivity contribution in [2.45, 2.75) is 38.1 Å². The monoisotopic (exact) mass is 547 g/mol. The molecular weight excluding hydrogens is 526 g/mol. The fourth-order valence-electron chi connectivity index (χ4n) is 3.61. The Morgan fingerprint density at radius 3 is 2.44 bits per heavy atom. The summed E-state index contributed by atoms with van der Waals surface area (Å²) in [7, 11) is 0. The van der Waals surface area contributed by atoms with Crippen LogP contribution in [0.1, 0.15) is 28.8 Å². The summed E-state index contributed by atoms with van der Waals surface area (Å²) in [5.74, 6) is -1.07. The Bertz CT molecular complexity index is 1280. The summed E-state index contributed by atoms with van der Waals surface area (Å²) >= 11 is 1.07. The molecule has 2 aromatic carbocycles. The van der Waals surface area contributed by atoms with Gasteiger partial charge in [-0.25, -0.2) is 0 Å². The number of hydrogen-bond acceptors (Lipinski definition) is 7. The van der Waals surface area contributed by atoms with Crippen molar-refractivity contribution in [1.82, 2.24) is 4.57 Å². The number of hydrogen-bond donors (Lipinski definition) is 0. The van der Waals surface area contributed by atoms with Gasteiger partial charge in [0.25, 0.3) is 0 Å². The number of aromatic nitrogens is 1. The van der Waals surface area contributed by atoms with E-state index in [4.69, 9.17) is 4.74 Å². The van der Waals surface area contributed by atoms with Gasteiger partial charge in [0.05, 0.1) is 22.7 Å². The minimum Gasteiger partial charge on any atom is -0.547 e. The molecule has 0 spiro atoms. The molecule has 1 saturated carbocycles. The molecule has 3 aromatic rings. The van der Waals surface area contributed by atoms with Gasteiger partial charge in [0.15, 0.2) is 5.78 Å². The van der Waals surface area contributed by atoms with Crippen LogP contribution < -0.4 is 66.1 Å². The van der Waals surface area contributed by atoms with E-state index in [1.807, 2.05) is 0 Å². The number of ketones is 1. The molecule has 36 heavy (non-hydrogen) atoms. The van der Waals surface area contributed by atoms with Crippen LogP contribution in [0.25, 0.3) is 10.2 Å². The molecular formula is C24H21F3KNO6S. The van der Waals surface area contributed by atoms with Gasteiger partial charge in [0.2, 0.25) is 0 Å². The Morgan fingerprint density at radius 2 is 1.83 bits per heavy atom. The molecule has 0 unspecified atom stereocenters. The third kappa shape index (κ3) is 7.73. The van der Waals surface area contributed by atoms with Gasteiger partial charge in [-0.3, -0.25) is 14.2 Å². The van der Waals surface area contributed by atoms with Crippen LogP contribution in [0.4, 0.5) is 13.2 Å². The van der Waals surface area contributed by atoms with Gasteiger partial charge in [-0.15, -0.1) is 0 Å². The molecule has 1 aliphatic rings. The second kappa shape index (κ2) is 12.3. The SMILES string of the molecule is O=C(c1ccc2c(c1)sc(=O)n2CCOc1ccc(C[C@H](OCC(F)(F)F)C(=O)[O-])cc1)C1CC1.[K+]. The molecule has 4 rings (SSSR count). The summed E-state index contributed by atoms with van der Waals surface area (Å²) in [5.41, 5.74) is 1.78. The summed E-state index contributed by atoms with van der Waals surface area (Å²) in [4.78, 5) is 35.6. The van der Waals surface area contributed by atoms with Crippen molar-refractivity contribution in [3.63, 3.8) is 0 Å². The number of thiazole rings is 1. The molecule has 0 aliphatic heterocycles. The number of nitrogens with zero attached hydrogens (tertiary/aromatic N) is 1. The number of carbonyl (C=O) groups excluding carboxylic acids is 2. The maximum atomic E-state index is 12.4. The van der Waals surface area contributed by atoms with E-state index in [1.54, 1.807) is 34.9 Å². The molecule has 0 N–H and O–H groups in total. The molecule has 1 atom stereocenters. The standard InChI is InChI=1S/C24H22F3NO6S.K/c25-24(26,27)13-34-19(22(30)31)11-14-1-6-17(7-2-14)33-10-9-28-18-8-5-16(21(29)15-3-4-15)12-20(18)35-23(28)32;/h1-2,5-8,12,15,19H,3-4,9-11,13H2,(H,30,31);/q;+1/p-1/t19-;/m0./s1. The summed E-state index contributed by atoms with van der Waals surface area (Å²) in [5, 5.41) is 11.1. The third-order valence-corrected chi connectivity index (χ3v) is 6.48. The van der Waals surface area contributed by atoms with Gasteiger partial charge in [-0.2, -0.15) is 13.2 Å². The second-order valence-electron chi connectivity index (χ2n) is 8.27. The van der Waals surface area contributed by atoms with Crippen LogP contribution in [0.15, 0.2) is 47.3 Å². The van der Waals surface area contributed by atoms with Crippen molar-refractivity contribution in [2.24, 2.45) is 5.92 Å². The Kier molecular flexibility index (Phi) is 9.94. The fourth-order valence-corrected chi connectivity index (χ4v) is 4.57. The predicted molar refractivity (Wildman–Crippen MR) is 120 cm³/mol. The number of ether oxygens (including phenoxy) is 2. The van der Waals surface area contributed by atoms with Crippen LogP contribution in [0, 0.1) is 5.92 Å². The van der Waals surface area contributed by atoms with Crippen LogP contribution in [0.2, 0.25) is 0 Å². The van der Waals surface area contributed by atoms with E-state index in [0.29, 0.717) is 16.9 Å². The summed E-state index contributed by atoms with van der Waals surface area (Å²) < 4.78 is 49.3. The number of carboxylic acid groups (broad SMARTS) is 1. The second-order valence-corrected chi connectivity index (χ2v) is 9.26. The molecule has 0 saturated heterocycles. The van der Waals surface area contributed by atoms with E-state index in [0.717, 1.165) is 34.4 Å². The first-order valence-corrected chi connectivity index (χ1v) is 11.7. The predicted octanol–water partition coefficient (Wildman–Crippen LogP) is -0.0214. The van der Waals surface area contributed by atoms with Gasteiger partial charge in [-0.05, 0) is 48.7 Å². The number of carbonyl (C=O) groups is 2. The van der Waals surface area contributed by atoms with Crippen molar-refractivity contribution in [2.75, 3.05) is 13.2 Å². The van der Waals surface area contributed by atoms with E-state index < -0.39 is 24.9 Å². The number of fused-ring (bicyclic) bond motifs is 1. The van der Waals surface area contributed by atoms with Gasteiger partial charge in [-0.1, -0.05) is 23.5 Å². The molecule has 186 valence electrons. The summed E-state index contributed by atoms with van der Waals surface area (Å²) in [6, 6.07) is 11.4. The normalized spacial score (nSPS) is 14.3. The van der Waals surface area contributed by atoms with Gasteiger partial charge < -0.3 is 19.4 Å². The zero-order chi connectivity index (χ0) is 25.2. The smallest absolute Gasteiger partial charge is 0.547 e. The number of halogens is 3. The number of benzene rings is 2. The zero-order valence-corrected chi connectivity index (χ0v) is 23.3. The van der Waals surface area contributed by atoms with Crippen molar-refractivity contribution >= 4 is 33.3 Å². The van der Waals surface area contributed by atoms with Crippen LogP contribution in [-0.4, -0.2) is 41.8 Å². The van der Waals surface area contributed by atoms with Crippen LogP contribution >= 0.6 is 11.3 Å². The van der Waals surface area contributed by atoms with E-state index in [9.17, 15) is 32.7 Å². The first-order chi connectivity index (χ1) is 16.6. The Morgan fingerprint density at radius 1 is 1.14 bits per heavy atom. The molecule has 1 aromatic heterocycles. The van der Waals surface area contributed by atoms with E-state index in [-0.39, 0.29) is 87.5 Å². The van der Waals surface area contributed by atoms with Crippen LogP contribution in [0.3, 0.4) is 0 Å². The van der Waals surface area contributed by atoms with Crippen LogP contribution in [0.5, 0.6) is 5.75 Å². The average molecular weight is 548 g/mol. The van der Waals surface area contributed by atoms with Crippen molar-refractivity contribution in [1.29, 1.82) is 0 Å². The Balaban J connectivity index is 0.00000361. The minimum atomic E-state index is -4.64. The summed E-state index contributed by atoms with van der Waals surface area (Å²) in [6.07, 6.45) is -4.84. The first kappa shape index (κ1) is 29.0. The van der Waals surface area contributed by atoms with Gasteiger partial charge in [0, 0.05) is 17.9 Å². The maximum absolute atomic E-state index is 12.4. The number of Topliss-reactive ketones (excluding diaryl/α,β-unsaturated/α-hetero) is 1. The minimum absolute atomic E-state index is 0. The van der Waals surface area contributed by atoms with Crippen molar-refractivity contribution in [3.05, 3.63) is 63.3 Å². The quantitative estimate of drug-likeness (QED) is 0.247. The molecule has 0 amide bonds. The first-order valence-electron chi connectivity index (χ1n) is 10.9. The maximum Gasteiger partial charge on any atom is 1.00 e. The largest absolute Gasteiger partial charge is 1.00 e. The molecule has 1 aliphatic carbocycles. The van der Waals surface area contributed by atoms with Crippen molar-refractivity contribution in [3.8, 4) is 5.75 Å².